The number of anilines is 1. The lowest BCUT2D eigenvalue weighted by atomic mass is 9.94. The molecule has 0 fully saturated rings. The first-order valence-corrected chi connectivity index (χ1v) is 11.9. The Labute approximate surface area is 191 Å². The van der Waals surface area contributed by atoms with E-state index in [1.807, 2.05) is 33.8 Å². The van der Waals surface area contributed by atoms with Crippen molar-refractivity contribution < 1.29 is 18.4 Å². The Morgan fingerprint density at radius 1 is 1.29 bits per heavy atom. The van der Waals surface area contributed by atoms with Gasteiger partial charge in [-0.3, -0.25) is 4.72 Å². The zero-order valence-corrected chi connectivity index (χ0v) is 19.9. The number of rotatable bonds is 1. The third kappa shape index (κ3) is 6.19. The molecule has 168 valence electrons. The summed E-state index contributed by atoms with van der Waals surface area (Å²) >= 11 is 6.09. The Morgan fingerprint density at radius 2 is 2.03 bits per heavy atom. The lowest BCUT2D eigenvalue weighted by Gasteiger charge is -2.17. The van der Waals surface area contributed by atoms with Gasteiger partial charge in [-0.15, -0.1) is 0 Å². The summed E-state index contributed by atoms with van der Waals surface area (Å²) in [5, 5.41) is 10.3. The summed E-state index contributed by atoms with van der Waals surface area (Å²) in [4.78, 5) is 0.0800. The minimum atomic E-state index is -1.91. The molecule has 0 saturated heterocycles. The van der Waals surface area contributed by atoms with Gasteiger partial charge in [-0.05, 0) is 66.3 Å². The molecule has 1 unspecified atom stereocenters. The van der Waals surface area contributed by atoms with Gasteiger partial charge < -0.3 is 9.84 Å². The number of ether oxygens (including phenoxy) is 1. The fraction of sp³-hybridized carbons (Fsp3) is 0.333. The minimum Gasteiger partial charge on any atom is -0.505 e. The van der Waals surface area contributed by atoms with Crippen LogP contribution in [-0.2, 0) is 22.3 Å². The molecule has 0 radical (unpaired) electrons. The van der Waals surface area contributed by atoms with Crippen molar-refractivity contribution in [2.75, 3.05) is 11.3 Å². The number of halogens is 2. The molecule has 1 heterocycles. The summed E-state index contributed by atoms with van der Waals surface area (Å²) in [6, 6.07) is 7.81. The number of hydrogen-bond donors (Lipinski definition) is 2. The van der Waals surface area contributed by atoms with Gasteiger partial charge in [-0.25, -0.2) is 8.60 Å². The smallest absolute Gasteiger partial charge is 0.154 e. The Bertz CT molecular complexity index is 1000. The SMILES string of the molecule is C/C=C1/CCOCc2cc(Cl)c(O)c(c2)S(=O)Nc2cc(ccc2F)/C1=C/CC.CC. The summed E-state index contributed by atoms with van der Waals surface area (Å²) in [7, 11) is -1.91. The molecule has 3 rings (SSSR count). The van der Waals surface area contributed by atoms with Crippen molar-refractivity contribution >= 4 is 33.8 Å². The van der Waals surface area contributed by atoms with Gasteiger partial charge >= 0.3 is 0 Å². The molecular weight excluding hydrogens is 437 g/mol. The minimum absolute atomic E-state index is 0.0693. The van der Waals surface area contributed by atoms with Crippen LogP contribution in [0.1, 0.15) is 51.7 Å². The number of allylic oxidation sites excluding steroid dienone is 3. The lowest BCUT2D eigenvalue weighted by molar-refractivity contribution is 0.124. The summed E-state index contributed by atoms with van der Waals surface area (Å²) in [6.07, 6.45) is 5.62. The zero-order valence-electron chi connectivity index (χ0n) is 18.3. The standard InChI is InChI=1S/C22H23ClFNO3S.C2H6/c1-3-5-17-15(4-2)8-9-28-13-14-10-18(23)22(26)21(11-14)29(27)25-20-12-16(17)6-7-19(20)24;1-2/h4-7,10-12,25-26H,3,8-9,13H2,1-2H3;1-2H3/b15-4-,17-5+;. The van der Waals surface area contributed by atoms with Gasteiger partial charge in [-0.2, -0.15) is 0 Å². The molecule has 1 aliphatic rings. The number of phenolic OH excluding ortho intramolecular Hbond substituents is 1. The Hall–Kier alpha value is -2.15. The number of hydrogen-bond acceptors (Lipinski definition) is 3. The normalized spacial score (nSPS) is 19.2. The molecule has 7 heteroatoms. The van der Waals surface area contributed by atoms with E-state index in [1.54, 1.807) is 24.3 Å². The Balaban J connectivity index is 0.00000166. The predicted molar refractivity (Wildman–Crippen MR) is 127 cm³/mol. The third-order valence-electron chi connectivity index (χ3n) is 4.66. The second-order valence-corrected chi connectivity index (χ2v) is 8.22. The molecule has 2 aromatic rings. The largest absolute Gasteiger partial charge is 0.505 e. The number of benzene rings is 2. The summed E-state index contributed by atoms with van der Waals surface area (Å²) < 4.78 is 35.8. The maximum atomic E-state index is 14.5. The van der Waals surface area contributed by atoms with E-state index in [1.165, 1.54) is 6.07 Å². The van der Waals surface area contributed by atoms with Crippen molar-refractivity contribution in [3.8, 4) is 5.75 Å². The molecule has 0 aromatic heterocycles. The van der Waals surface area contributed by atoms with E-state index in [-0.39, 0.29) is 28.0 Å². The Kier molecular flexibility index (Phi) is 9.75. The molecule has 4 nitrogen and oxygen atoms in total. The molecule has 2 N–H and O–H groups in total. The first kappa shape index (κ1) is 25.1. The third-order valence-corrected chi connectivity index (χ3v) is 6.06. The van der Waals surface area contributed by atoms with Gasteiger partial charge in [0.2, 0.25) is 0 Å². The molecule has 0 amide bonds. The average molecular weight is 466 g/mol. The van der Waals surface area contributed by atoms with E-state index in [0.29, 0.717) is 18.6 Å². The molecule has 4 bridgehead atoms. The van der Waals surface area contributed by atoms with Crippen molar-refractivity contribution in [1.29, 1.82) is 0 Å². The molecule has 0 saturated carbocycles. The highest BCUT2D eigenvalue weighted by Gasteiger charge is 2.18. The monoisotopic (exact) mass is 465 g/mol. The summed E-state index contributed by atoms with van der Waals surface area (Å²) in [6.45, 7) is 8.74. The van der Waals surface area contributed by atoms with E-state index >= 15 is 0 Å². The molecule has 2 aromatic carbocycles. The van der Waals surface area contributed by atoms with Gasteiger partial charge in [-0.1, -0.05) is 50.6 Å². The predicted octanol–water partition coefficient (Wildman–Crippen LogP) is 7.01. The van der Waals surface area contributed by atoms with E-state index in [4.69, 9.17) is 16.3 Å². The topological polar surface area (TPSA) is 58.6 Å². The molecule has 0 aliphatic carbocycles. The maximum absolute atomic E-state index is 14.5. The van der Waals surface area contributed by atoms with Crippen LogP contribution in [0.25, 0.3) is 5.57 Å². The summed E-state index contributed by atoms with van der Waals surface area (Å²) in [5.41, 5.74) is 3.66. The highest BCUT2D eigenvalue weighted by Crippen LogP contribution is 2.34. The zero-order chi connectivity index (χ0) is 23.0. The number of nitrogens with one attached hydrogen (secondary N) is 1. The van der Waals surface area contributed by atoms with Crippen LogP contribution in [0.4, 0.5) is 10.1 Å². The van der Waals surface area contributed by atoms with E-state index in [9.17, 15) is 13.7 Å². The van der Waals surface area contributed by atoms with Crippen LogP contribution in [0.5, 0.6) is 5.75 Å². The average Bonchev–Trinajstić information content (AvgIpc) is 2.77. The molecule has 1 atom stereocenters. The van der Waals surface area contributed by atoms with Crippen LogP contribution < -0.4 is 4.72 Å². The molecular formula is C24H29ClFNO3S. The van der Waals surface area contributed by atoms with E-state index < -0.39 is 16.8 Å². The van der Waals surface area contributed by atoms with Crippen LogP contribution >= 0.6 is 11.6 Å². The highest BCUT2D eigenvalue weighted by molar-refractivity contribution is 7.86. The Morgan fingerprint density at radius 3 is 2.71 bits per heavy atom. The quantitative estimate of drug-likeness (QED) is 0.476. The maximum Gasteiger partial charge on any atom is 0.154 e. The lowest BCUT2D eigenvalue weighted by Crippen LogP contribution is -2.09. The molecule has 0 spiro atoms. The van der Waals surface area contributed by atoms with E-state index in [2.05, 4.69) is 10.8 Å². The molecule has 1 aliphatic heterocycles. The fourth-order valence-electron chi connectivity index (χ4n) is 3.22. The number of phenols is 1. The first-order valence-electron chi connectivity index (χ1n) is 10.4. The van der Waals surface area contributed by atoms with Gasteiger partial charge in [0, 0.05) is 0 Å². The van der Waals surface area contributed by atoms with Crippen molar-refractivity contribution in [3.05, 3.63) is 70.0 Å². The van der Waals surface area contributed by atoms with Crippen LogP contribution in [-0.4, -0.2) is 15.9 Å². The van der Waals surface area contributed by atoms with Crippen molar-refractivity contribution in [2.24, 2.45) is 0 Å². The molecule has 31 heavy (non-hydrogen) atoms. The van der Waals surface area contributed by atoms with Crippen molar-refractivity contribution in [2.45, 2.75) is 52.0 Å². The van der Waals surface area contributed by atoms with E-state index in [0.717, 1.165) is 23.1 Å². The van der Waals surface area contributed by atoms with Gasteiger partial charge in [0.05, 0.1) is 23.9 Å². The van der Waals surface area contributed by atoms with Crippen molar-refractivity contribution in [3.63, 3.8) is 0 Å². The van der Waals surface area contributed by atoms with Gasteiger partial charge in [0.15, 0.2) is 16.7 Å². The number of aromatic hydroxyl groups is 1. The van der Waals surface area contributed by atoms with Crippen LogP contribution in [0, 0.1) is 5.82 Å². The number of fused-ring (bicyclic) bond motifs is 4. The van der Waals surface area contributed by atoms with Crippen molar-refractivity contribution in [1.82, 2.24) is 0 Å². The van der Waals surface area contributed by atoms with Crippen LogP contribution in [0.3, 0.4) is 0 Å². The fourth-order valence-corrected chi connectivity index (χ4v) is 4.53. The second kappa shape index (κ2) is 12.0. The first-order chi connectivity index (χ1) is 14.9. The van der Waals surface area contributed by atoms with Gasteiger partial charge in [0.25, 0.3) is 0 Å². The second-order valence-electron chi connectivity index (χ2n) is 6.63. The van der Waals surface area contributed by atoms with Crippen LogP contribution in [0.2, 0.25) is 5.02 Å². The van der Waals surface area contributed by atoms with Gasteiger partial charge in [0.1, 0.15) is 10.7 Å². The highest BCUT2D eigenvalue weighted by atomic mass is 35.5. The summed E-state index contributed by atoms with van der Waals surface area (Å²) in [5.74, 6) is -0.829. The van der Waals surface area contributed by atoms with Crippen LogP contribution in [0.15, 0.2) is 53.0 Å².